The van der Waals surface area contributed by atoms with Gasteiger partial charge in [-0.2, -0.15) is 0 Å². The lowest BCUT2D eigenvalue weighted by Gasteiger charge is -2.09. The van der Waals surface area contributed by atoms with Crippen LogP contribution in [0.5, 0.6) is 5.75 Å². The highest BCUT2D eigenvalue weighted by Crippen LogP contribution is 2.26. The van der Waals surface area contributed by atoms with E-state index in [9.17, 15) is 4.79 Å². The highest BCUT2D eigenvalue weighted by atomic mass is 35.5. The van der Waals surface area contributed by atoms with Gasteiger partial charge in [0, 0.05) is 6.21 Å². The molecule has 0 aliphatic rings. The largest absolute Gasteiger partial charge is 0.487 e. The van der Waals surface area contributed by atoms with Gasteiger partial charge in [-0.15, -0.1) is 0 Å². The molecule has 136 valence electrons. The summed E-state index contributed by atoms with van der Waals surface area (Å²) in [5.41, 5.74) is 4.05. The fourth-order valence-corrected chi connectivity index (χ4v) is 2.64. The number of carbonyl (C=O) groups is 1. The van der Waals surface area contributed by atoms with E-state index in [0.717, 1.165) is 16.8 Å². The van der Waals surface area contributed by atoms with Crippen molar-refractivity contribution in [3.8, 4) is 5.75 Å². The van der Waals surface area contributed by atoms with Crippen molar-refractivity contribution in [2.75, 3.05) is 0 Å². The number of nitrogens with zero attached hydrogens (tertiary/aromatic N) is 1. The van der Waals surface area contributed by atoms with Gasteiger partial charge in [0.2, 0.25) is 0 Å². The molecule has 0 aliphatic carbocycles. The number of benzene rings is 3. The molecule has 0 spiro atoms. The van der Waals surface area contributed by atoms with Crippen molar-refractivity contribution in [3.63, 3.8) is 0 Å². The first-order chi connectivity index (χ1) is 13.0. The Morgan fingerprint density at radius 1 is 1.07 bits per heavy atom. The maximum Gasteiger partial charge on any atom is 0.335 e. The van der Waals surface area contributed by atoms with Gasteiger partial charge in [-0.1, -0.05) is 41.4 Å². The highest BCUT2D eigenvalue weighted by Gasteiger charge is 2.05. The van der Waals surface area contributed by atoms with Crippen LogP contribution < -0.4 is 4.74 Å². The summed E-state index contributed by atoms with van der Waals surface area (Å²) >= 11 is 6.30. The number of aliphatic imine (C=N–C) groups is 1. The first-order valence-corrected chi connectivity index (χ1v) is 8.74. The average Bonchev–Trinajstić information content (AvgIpc) is 2.67. The minimum atomic E-state index is -0.951. The molecular formula is C22H18ClNO3. The maximum atomic E-state index is 10.9. The minimum Gasteiger partial charge on any atom is -0.487 e. The molecule has 0 saturated heterocycles. The van der Waals surface area contributed by atoms with Crippen LogP contribution in [0.15, 0.2) is 71.7 Å². The molecule has 3 aromatic rings. The van der Waals surface area contributed by atoms with Crippen molar-refractivity contribution in [2.24, 2.45) is 4.99 Å². The Morgan fingerprint density at radius 3 is 2.41 bits per heavy atom. The van der Waals surface area contributed by atoms with Gasteiger partial charge in [-0.3, -0.25) is 4.99 Å². The SMILES string of the molecule is Cc1ccc(N=Cc2ccc(OCc3ccc(C(=O)O)cc3)c(Cl)c2)cc1. The summed E-state index contributed by atoms with van der Waals surface area (Å²) in [4.78, 5) is 15.3. The van der Waals surface area contributed by atoms with E-state index in [0.29, 0.717) is 17.4 Å². The topological polar surface area (TPSA) is 58.9 Å². The summed E-state index contributed by atoms with van der Waals surface area (Å²) in [6, 6.07) is 20.0. The van der Waals surface area contributed by atoms with Crippen LogP contribution in [0.25, 0.3) is 0 Å². The number of carboxylic acids is 1. The lowest BCUT2D eigenvalue weighted by atomic mass is 10.1. The zero-order chi connectivity index (χ0) is 19.2. The molecule has 5 heteroatoms. The fourth-order valence-electron chi connectivity index (χ4n) is 2.40. The van der Waals surface area contributed by atoms with Gasteiger partial charge >= 0.3 is 5.97 Å². The molecule has 0 amide bonds. The molecule has 0 heterocycles. The van der Waals surface area contributed by atoms with Crippen LogP contribution >= 0.6 is 11.6 Å². The number of ether oxygens (including phenoxy) is 1. The lowest BCUT2D eigenvalue weighted by molar-refractivity contribution is 0.0697. The van der Waals surface area contributed by atoms with Crippen LogP contribution in [0.3, 0.4) is 0 Å². The van der Waals surface area contributed by atoms with Crippen LogP contribution in [0.4, 0.5) is 5.69 Å². The first kappa shape index (κ1) is 18.7. The molecule has 1 N–H and O–H groups in total. The second-order valence-electron chi connectivity index (χ2n) is 6.07. The number of carboxylic acid groups (broad SMARTS) is 1. The monoisotopic (exact) mass is 379 g/mol. The number of rotatable bonds is 6. The Hall–Kier alpha value is -3.11. The van der Waals surface area contributed by atoms with E-state index in [1.165, 1.54) is 5.56 Å². The molecule has 0 saturated carbocycles. The molecule has 3 rings (SSSR count). The number of hydrogen-bond donors (Lipinski definition) is 1. The van der Waals surface area contributed by atoms with Crippen LogP contribution in [-0.2, 0) is 6.61 Å². The van der Waals surface area contributed by atoms with Gasteiger partial charge in [-0.05, 0) is 60.5 Å². The van der Waals surface area contributed by atoms with Crippen molar-refractivity contribution in [1.29, 1.82) is 0 Å². The van der Waals surface area contributed by atoms with E-state index in [2.05, 4.69) is 4.99 Å². The van der Waals surface area contributed by atoms with Gasteiger partial charge in [0.05, 0.1) is 16.3 Å². The summed E-state index contributed by atoms with van der Waals surface area (Å²) in [5.74, 6) is -0.389. The molecule has 4 nitrogen and oxygen atoms in total. The molecule has 27 heavy (non-hydrogen) atoms. The molecule has 0 aromatic heterocycles. The summed E-state index contributed by atoms with van der Waals surface area (Å²) < 4.78 is 5.73. The molecule has 0 unspecified atom stereocenters. The van der Waals surface area contributed by atoms with E-state index in [1.54, 1.807) is 42.6 Å². The number of aryl methyl sites for hydroxylation is 1. The summed E-state index contributed by atoms with van der Waals surface area (Å²) in [6.07, 6.45) is 1.75. The standard InChI is InChI=1S/C22H18ClNO3/c1-15-2-9-19(10-3-15)24-13-17-6-11-21(20(23)12-17)27-14-16-4-7-18(8-5-16)22(25)26/h2-13H,14H2,1H3,(H,25,26). The van der Waals surface area contributed by atoms with Gasteiger partial charge in [-0.25, -0.2) is 4.79 Å². The third-order valence-electron chi connectivity index (χ3n) is 3.95. The first-order valence-electron chi connectivity index (χ1n) is 8.36. The number of hydrogen-bond acceptors (Lipinski definition) is 3. The predicted octanol–water partition coefficient (Wildman–Crippen LogP) is 5.68. The Morgan fingerprint density at radius 2 is 1.78 bits per heavy atom. The Bertz CT molecular complexity index is 964. The molecule has 0 radical (unpaired) electrons. The average molecular weight is 380 g/mol. The van der Waals surface area contributed by atoms with E-state index in [-0.39, 0.29) is 5.56 Å². The van der Waals surface area contributed by atoms with Crippen LogP contribution in [0.2, 0.25) is 5.02 Å². The van der Waals surface area contributed by atoms with E-state index >= 15 is 0 Å². The summed E-state index contributed by atoms with van der Waals surface area (Å²) in [7, 11) is 0. The number of aromatic carboxylic acids is 1. The van der Waals surface area contributed by atoms with Crippen molar-refractivity contribution < 1.29 is 14.6 Å². The minimum absolute atomic E-state index is 0.244. The van der Waals surface area contributed by atoms with Crippen molar-refractivity contribution in [3.05, 3.63) is 94.0 Å². The molecular weight excluding hydrogens is 362 g/mol. The summed E-state index contributed by atoms with van der Waals surface area (Å²) in [5, 5.41) is 9.41. The van der Waals surface area contributed by atoms with Crippen molar-refractivity contribution in [2.45, 2.75) is 13.5 Å². The molecule has 0 aliphatic heterocycles. The van der Waals surface area contributed by atoms with Gasteiger partial charge in [0.25, 0.3) is 0 Å². The highest BCUT2D eigenvalue weighted by molar-refractivity contribution is 6.32. The van der Waals surface area contributed by atoms with Gasteiger partial charge in [0.15, 0.2) is 0 Å². The van der Waals surface area contributed by atoms with E-state index in [4.69, 9.17) is 21.4 Å². The Kier molecular flexibility index (Phi) is 5.89. The van der Waals surface area contributed by atoms with Crippen molar-refractivity contribution in [1.82, 2.24) is 0 Å². The smallest absolute Gasteiger partial charge is 0.335 e. The van der Waals surface area contributed by atoms with Crippen LogP contribution in [0, 0.1) is 6.92 Å². The van der Waals surface area contributed by atoms with Crippen LogP contribution in [-0.4, -0.2) is 17.3 Å². The zero-order valence-corrected chi connectivity index (χ0v) is 15.5. The summed E-state index contributed by atoms with van der Waals surface area (Å²) in [6.45, 7) is 2.34. The molecule has 0 fully saturated rings. The third kappa shape index (κ3) is 5.19. The Balaban J connectivity index is 1.64. The van der Waals surface area contributed by atoms with Crippen LogP contribution in [0.1, 0.15) is 27.0 Å². The zero-order valence-electron chi connectivity index (χ0n) is 14.7. The second-order valence-corrected chi connectivity index (χ2v) is 6.48. The molecule has 0 atom stereocenters. The quantitative estimate of drug-likeness (QED) is 0.561. The normalized spacial score (nSPS) is 10.9. The lowest BCUT2D eigenvalue weighted by Crippen LogP contribution is -1.99. The van der Waals surface area contributed by atoms with E-state index < -0.39 is 5.97 Å². The number of halogens is 1. The van der Waals surface area contributed by atoms with E-state index in [1.807, 2.05) is 37.3 Å². The van der Waals surface area contributed by atoms with Crippen molar-refractivity contribution >= 4 is 29.5 Å². The van der Waals surface area contributed by atoms with Gasteiger partial charge < -0.3 is 9.84 Å². The fraction of sp³-hybridized carbons (Fsp3) is 0.0909. The molecule has 3 aromatic carbocycles. The predicted molar refractivity (Wildman–Crippen MR) is 108 cm³/mol. The third-order valence-corrected chi connectivity index (χ3v) is 4.24. The van der Waals surface area contributed by atoms with Gasteiger partial charge in [0.1, 0.15) is 12.4 Å². The maximum absolute atomic E-state index is 10.9. The second kappa shape index (κ2) is 8.52. The molecule has 0 bridgehead atoms. The Labute approximate surface area is 162 Å².